The fourth-order valence-electron chi connectivity index (χ4n) is 2.54. The first-order valence-electron chi connectivity index (χ1n) is 8.16. The van der Waals surface area contributed by atoms with Gasteiger partial charge in [0.15, 0.2) is 0 Å². The van der Waals surface area contributed by atoms with E-state index in [1.807, 2.05) is 28.8 Å². The highest BCUT2D eigenvalue weighted by molar-refractivity contribution is 5.92. The molecule has 1 aliphatic heterocycles. The van der Waals surface area contributed by atoms with E-state index in [-0.39, 0.29) is 5.91 Å². The average Bonchev–Trinajstić information content (AvgIpc) is 3.12. The number of nitrogens with zero attached hydrogens (tertiary/aromatic N) is 5. The van der Waals surface area contributed by atoms with Gasteiger partial charge in [0.2, 0.25) is 5.95 Å². The van der Waals surface area contributed by atoms with Crippen LogP contribution in [0, 0.1) is 6.92 Å². The molecule has 0 aromatic carbocycles. The van der Waals surface area contributed by atoms with Gasteiger partial charge < -0.3 is 15.0 Å². The predicted molar refractivity (Wildman–Crippen MR) is 89.0 cm³/mol. The predicted octanol–water partition coefficient (Wildman–Crippen LogP) is 0.638. The minimum absolute atomic E-state index is 0.171. The largest absolute Gasteiger partial charge is 0.378 e. The molecule has 2 aromatic rings. The van der Waals surface area contributed by atoms with Crippen LogP contribution >= 0.6 is 0 Å². The van der Waals surface area contributed by atoms with Crippen LogP contribution in [0.1, 0.15) is 22.6 Å². The SMILES string of the molecule is Cc1cc(C(=O)NCCCn2cccn2)nc(N2CCOCC2)n1. The molecule has 3 rings (SSSR count). The summed E-state index contributed by atoms with van der Waals surface area (Å²) in [6, 6.07) is 3.60. The summed E-state index contributed by atoms with van der Waals surface area (Å²) in [4.78, 5) is 23.2. The Labute approximate surface area is 140 Å². The van der Waals surface area contributed by atoms with E-state index in [0.717, 1.165) is 31.7 Å². The highest BCUT2D eigenvalue weighted by Gasteiger charge is 2.17. The van der Waals surface area contributed by atoms with Gasteiger partial charge in [-0.25, -0.2) is 9.97 Å². The number of rotatable bonds is 6. The number of ether oxygens (including phenoxy) is 1. The van der Waals surface area contributed by atoms with Crippen molar-refractivity contribution >= 4 is 11.9 Å². The van der Waals surface area contributed by atoms with Crippen LogP contribution in [0.2, 0.25) is 0 Å². The summed E-state index contributed by atoms with van der Waals surface area (Å²) >= 11 is 0. The lowest BCUT2D eigenvalue weighted by molar-refractivity contribution is 0.0947. The quantitative estimate of drug-likeness (QED) is 0.782. The number of aromatic nitrogens is 4. The number of nitrogens with one attached hydrogen (secondary N) is 1. The van der Waals surface area contributed by atoms with Crippen molar-refractivity contribution in [3.63, 3.8) is 0 Å². The smallest absolute Gasteiger partial charge is 0.270 e. The molecule has 128 valence electrons. The van der Waals surface area contributed by atoms with Gasteiger partial charge in [0.25, 0.3) is 5.91 Å². The second-order valence-corrected chi connectivity index (χ2v) is 5.67. The summed E-state index contributed by atoms with van der Waals surface area (Å²) in [6.07, 6.45) is 4.47. The Morgan fingerprint density at radius 3 is 2.92 bits per heavy atom. The van der Waals surface area contributed by atoms with Crippen molar-refractivity contribution in [2.45, 2.75) is 19.9 Å². The van der Waals surface area contributed by atoms with E-state index in [2.05, 4.69) is 20.4 Å². The number of carbonyl (C=O) groups is 1. The van der Waals surface area contributed by atoms with Crippen LogP contribution in [0.4, 0.5) is 5.95 Å². The van der Waals surface area contributed by atoms with Crippen LogP contribution in [0.5, 0.6) is 0 Å². The third-order valence-corrected chi connectivity index (χ3v) is 3.78. The van der Waals surface area contributed by atoms with Gasteiger partial charge in [-0.15, -0.1) is 0 Å². The van der Waals surface area contributed by atoms with E-state index in [0.29, 0.717) is 31.4 Å². The second-order valence-electron chi connectivity index (χ2n) is 5.67. The van der Waals surface area contributed by atoms with Crippen LogP contribution in [0.3, 0.4) is 0 Å². The van der Waals surface area contributed by atoms with Gasteiger partial charge in [-0.3, -0.25) is 9.48 Å². The molecule has 3 heterocycles. The maximum Gasteiger partial charge on any atom is 0.270 e. The molecular formula is C16H22N6O2. The third-order valence-electron chi connectivity index (χ3n) is 3.78. The lowest BCUT2D eigenvalue weighted by atomic mass is 10.3. The highest BCUT2D eigenvalue weighted by Crippen LogP contribution is 2.12. The molecule has 1 amide bonds. The Balaban J connectivity index is 1.56. The van der Waals surface area contributed by atoms with Crippen molar-refractivity contribution in [3.8, 4) is 0 Å². The average molecular weight is 330 g/mol. The van der Waals surface area contributed by atoms with Crippen LogP contribution in [0.25, 0.3) is 0 Å². The molecule has 24 heavy (non-hydrogen) atoms. The van der Waals surface area contributed by atoms with E-state index in [1.165, 1.54) is 0 Å². The fraction of sp³-hybridized carbons (Fsp3) is 0.500. The topological polar surface area (TPSA) is 85.2 Å². The number of anilines is 1. The molecule has 0 radical (unpaired) electrons. The second kappa shape index (κ2) is 7.87. The molecule has 0 spiro atoms. The number of aryl methyl sites for hydroxylation is 2. The first kappa shape index (κ1) is 16.4. The number of hydrogen-bond acceptors (Lipinski definition) is 6. The van der Waals surface area contributed by atoms with E-state index in [1.54, 1.807) is 12.3 Å². The van der Waals surface area contributed by atoms with Gasteiger partial charge in [-0.05, 0) is 25.5 Å². The monoisotopic (exact) mass is 330 g/mol. The van der Waals surface area contributed by atoms with Crippen molar-refractivity contribution < 1.29 is 9.53 Å². The van der Waals surface area contributed by atoms with Gasteiger partial charge in [0.1, 0.15) is 5.69 Å². The van der Waals surface area contributed by atoms with Gasteiger partial charge >= 0.3 is 0 Å². The van der Waals surface area contributed by atoms with Gasteiger partial charge in [-0.2, -0.15) is 5.10 Å². The zero-order valence-electron chi connectivity index (χ0n) is 13.8. The normalized spacial score (nSPS) is 14.6. The summed E-state index contributed by atoms with van der Waals surface area (Å²) in [7, 11) is 0. The Hall–Kier alpha value is -2.48. The van der Waals surface area contributed by atoms with E-state index < -0.39 is 0 Å². The number of amides is 1. The van der Waals surface area contributed by atoms with Gasteiger partial charge in [0.05, 0.1) is 13.2 Å². The Bertz CT molecular complexity index is 667. The summed E-state index contributed by atoms with van der Waals surface area (Å²) < 4.78 is 7.19. The van der Waals surface area contributed by atoms with Crippen molar-refractivity contribution in [2.24, 2.45) is 0 Å². The molecule has 2 aromatic heterocycles. The number of morpholine rings is 1. The lowest BCUT2D eigenvalue weighted by Gasteiger charge is -2.27. The first-order valence-corrected chi connectivity index (χ1v) is 8.16. The fourth-order valence-corrected chi connectivity index (χ4v) is 2.54. The van der Waals surface area contributed by atoms with Gasteiger partial charge in [0, 0.05) is 44.3 Å². The van der Waals surface area contributed by atoms with Crippen LogP contribution < -0.4 is 10.2 Å². The molecule has 1 aliphatic rings. The van der Waals surface area contributed by atoms with E-state index >= 15 is 0 Å². The zero-order chi connectivity index (χ0) is 16.8. The van der Waals surface area contributed by atoms with E-state index in [4.69, 9.17) is 4.74 Å². The standard InChI is InChI=1S/C16H22N6O2/c1-13-12-14(20-16(19-13)21-8-10-24-11-9-21)15(23)17-4-2-6-22-7-3-5-18-22/h3,5,7,12H,2,4,6,8-11H2,1H3,(H,17,23). The van der Waals surface area contributed by atoms with Gasteiger partial charge in [-0.1, -0.05) is 0 Å². The third kappa shape index (κ3) is 4.29. The maximum absolute atomic E-state index is 12.3. The van der Waals surface area contributed by atoms with Crippen molar-refractivity contribution in [2.75, 3.05) is 37.7 Å². The molecule has 0 bridgehead atoms. The highest BCUT2D eigenvalue weighted by atomic mass is 16.5. The molecule has 0 atom stereocenters. The molecule has 1 saturated heterocycles. The molecule has 0 saturated carbocycles. The molecule has 8 nitrogen and oxygen atoms in total. The van der Waals surface area contributed by atoms with Crippen molar-refractivity contribution in [1.82, 2.24) is 25.1 Å². The van der Waals surface area contributed by atoms with E-state index in [9.17, 15) is 4.79 Å². The maximum atomic E-state index is 12.3. The number of hydrogen-bond donors (Lipinski definition) is 1. The Kier molecular flexibility index (Phi) is 5.37. The van der Waals surface area contributed by atoms with Crippen LogP contribution in [0.15, 0.2) is 24.5 Å². The summed E-state index contributed by atoms with van der Waals surface area (Å²) in [6.45, 7) is 6.03. The van der Waals surface area contributed by atoms with Crippen LogP contribution in [-0.2, 0) is 11.3 Å². The molecule has 0 unspecified atom stereocenters. The minimum atomic E-state index is -0.171. The first-order chi connectivity index (χ1) is 11.7. The number of carbonyl (C=O) groups excluding carboxylic acids is 1. The summed E-state index contributed by atoms with van der Waals surface area (Å²) in [5, 5.41) is 7.04. The summed E-state index contributed by atoms with van der Waals surface area (Å²) in [5.41, 5.74) is 1.19. The lowest BCUT2D eigenvalue weighted by Crippen LogP contribution is -2.38. The molecule has 8 heteroatoms. The summed E-state index contributed by atoms with van der Waals surface area (Å²) in [5.74, 6) is 0.426. The zero-order valence-corrected chi connectivity index (χ0v) is 13.8. The molecular weight excluding hydrogens is 308 g/mol. The Morgan fingerprint density at radius 1 is 1.33 bits per heavy atom. The molecule has 1 fully saturated rings. The Morgan fingerprint density at radius 2 is 2.17 bits per heavy atom. The van der Waals surface area contributed by atoms with Crippen molar-refractivity contribution in [1.29, 1.82) is 0 Å². The minimum Gasteiger partial charge on any atom is -0.378 e. The van der Waals surface area contributed by atoms with Crippen molar-refractivity contribution in [3.05, 3.63) is 35.9 Å². The molecule has 0 aliphatic carbocycles. The molecule has 1 N–H and O–H groups in total. The van der Waals surface area contributed by atoms with Crippen LogP contribution in [-0.4, -0.2) is 58.5 Å².